The number of carbonyl (C=O) groups excluding carboxylic acids is 1. The highest BCUT2D eigenvalue weighted by molar-refractivity contribution is 5.75. The molecule has 1 N–H and O–H groups in total. The normalized spacial score (nSPS) is 26.4. The Balaban J connectivity index is 2.37. The van der Waals surface area contributed by atoms with Gasteiger partial charge in [0.25, 0.3) is 0 Å². The molecule has 0 spiro atoms. The maximum Gasteiger partial charge on any atom is 0.311 e. The highest BCUT2D eigenvalue weighted by atomic mass is 16.5. The van der Waals surface area contributed by atoms with Gasteiger partial charge in [0.1, 0.15) is 0 Å². The van der Waals surface area contributed by atoms with E-state index in [0.29, 0.717) is 13.0 Å². The molecule has 1 aliphatic rings. The smallest absolute Gasteiger partial charge is 0.311 e. The van der Waals surface area contributed by atoms with Crippen LogP contribution in [-0.4, -0.2) is 23.8 Å². The molecule has 0 heterocycles. The zero-order chi connectivity index (χ0) is 11.5. The Hall–Kier alpha value is -0.830. The Morgan fingerprint density at radius 1 is 1.40 bits per heavy atom. The summed E-state index contributed by atoms with van der Waals surface area (Å²) in [6, 6.07) is 0. The van der Waals surface area contributed by atoms with Crippen LogP contribution in [0.25, 0.3) is 0 Å². The molecule has 0 bridgehead atoms. The van der Waals surface area contributed by atoms with E-state index in [1.807, 2.05) is 32.9 Å². The molecule has 0 aliphatic heterocycles. The molecule has 2 unspecified atom stereocenters. The van der Waals surface area contributed by atoms with Gasteiger partial charge in [-0.2, -0.15) is 0 Å². The molecule has 3 heteroatoms. The molecule has 0 saturated heterocycles. The van der Waals surface area contributed by atoms with Crippen LogP contribution in [0.2, 0.25) is 0 Å². The van der Waals surface area contributed by atoms with Crippen molar-refractivity contribution >= 4 is 5.97 Å². The van der Waals surface area contributed by atoms with E-state index in [1.54, 1.807) is 0 Å². The van der Waals surface area contributed by atoms with Crippen LogP contribution in [0.1, 0.15) is 33.6 Å². The summed E-state index contributed by atoms with van der Waals surface area (Å²) < 4.78 is 5.18. The van der Waals surface area contributed by atoms with Crippen LogP contribution in [-0.2, 0) is 9.53 Å². The largest absolute Gasteiger partial charge is 0.465 e. The fourth-order valence-electron chi connectivity index (χ4n) is 1.43. The van der Waals surface area contributed by atoms with Crippen molar-refractivity contribution in [3.8, 4) is 0 Å². The van der Waals surface area contributed by atoms with Gasteiger partial charge in [0, 0.05) is 5.92 Å². The third-order valence-electron chi connectivity index (χ3n) is 2.57. The molecule has 15 heavy (non-hydrogen) atoms. The monoisotopic (exact) mass is 212 g/mol. The zero-order valence-corrected chi connectivity index (χ0v) is 9.69. The van der Waals surface area contributed by atoms with E-state index in [4.69, 9.17) is 4.74 Å². The molecule has 2 atom stereocenters. The van der Waals surface area contributed by atoms with Gasteiger partial charge in [-0.05, 0) is 33.6 Å². The topological polar surface area (TPSA) is 46.5 Å². The number of aliphatic hydroxyl groups is 1. The van der Waals surface area contributed by atoms with Crippen molar-refractivity contribution in [1.29, 1.82) is 0 Å². The van der Waals surface area contributed by atoms with Crippen LogP contribution in [0.3, 0.4) is 0 Å². The molecule has 0 aromatic rings. The van der Waals surface area contributed by atoms with E-state index in [2.05, 4.69) is 0 Å². The molecule has 0 amide bonds. The number of hydrogen-bond donors (Lipinski definition) is 1. The molecule has 3 nitrogen and oxygen atoms in total. The number of rotatable bonds is 2. The van der Waals surface area contributed by atoms with Crippen LogP contribution >= 0.6 is 0 Å². The van der Waals surface area contributed by atoms with E-state index in [9.17, 15) is 9.90 Å². The minimum Gasteiger partial charge on any atom is -0.465 e. The van der Waals surface area contributed by atoms with Gasteiger partial charge in [0.15, 0.2) is 0 Å². The standard InChI is InChI=1S/C12H20O3/c1-12(2,3)11(14)15-8-9-6-4-5-7-10(9)13/h4-5,9-10,13H,6-8H2,1-3H3. The number of hydrogen-bond acceptors (Lipinski definition) is 3. The lowest BCUT2D eigenvalue weighted by Gasteiger charge is -2.25. The average Bonchev–Trinajstić information content (AvgIpc) is 2.14. The van der Waals surface area contributed by atoms with Gasteiger partial charge in [0.2, 0.25) is 0 Å². The van der Waals surface area contributed by atoms with Crippen molar-refractivity contribution in [2.24, 2.45) is 11.3 Å². The van der Waals surface area contributed by atoms with Crippen LogP contribution < -0.4 is 0 Å². The third-order valence-corrected chi connectivity index (χ3v) is 2.57. The summed E-state index contributed by atoms with van der Waals surface area (Å²) in [4.78, 5) is 11.5. The minimum absolute atomic E-state index is 0.0568. The highest BCUT2D eigenvalue weighted by Crippen LogP contribution is 2.21. The van der Waals surface area contributed by atoms with E-state index >= 15 is 0 Å². The summed E-state index contributed by atoms with van der Waals surface area (Å²) in [7, 11) is 0. The van der Waals surface area contributed by atoms with Crippen molar-refractivity contribution in [2.45, 2.75) is 39.7 Å². The lowest BCUT2D eigenvalue weighted by molar-refractivity contribution is -0.155. The predicted octanol–water partition coefficient (Wildman–Crippen LogP) is 1.90. The highest BCUT2D eigenvalue weighted by Gasteiger charge is 2.26. The molecule has 86 valence electrons. The molecule has 1 aliphatic carbocycles. The van der Waals surface area contributed by atoms with Crippen molar-refractivity contribution in [3.05, 3.63) is 12.2 Å². The van der Waals surface area contributed by atoms with Gasteiger partial charge >= 0.3 is 5.97 Å². The van der Waals surface area contributed by atoms with E-state index in [-0.39, 0.29) is 18.0 Å². The second-order valence-corrected chi connectivity index (χ2v) is 5.12. The fourth-order valence-corrected chi connectivity index (χ4v) is 1.43. The summed E-state index contributed by atoms with van der Waals surface area (Å²) in [6.07, 6.45) is 5.08. The Morgan fingerprint density at radius 2 is 2.00 bits per heavy atom. The number of ether oxygens (including phenoxy) is 1. The fraction of sp³-hybridized carbons (Fsp3) is 0.750. The summed E-state index contributed by atoms with van der Waals surface area (Å²) in [5, 5.41) is 9.64. The van der Waals surface area contributed by atoms with Crippen LogP contribution in [0, 0.1) is 11.3 Å². The van der Waals surface area contributed by atoms with E-state index in [1.165, 1.54) is 0 Å². The quantitative estimate of drug-likeness (QED) is 0.561. The second kappa shape index (κ2) is 4.79. The maximum absolute atomic E-state index is 11.5. The number of esters is 1. The Morgan fingerprint density at radius 3 is 2.53 bits per heavy atom. The van der Waals surface area contributed by atoms with Crippen LogP contribution in [0.5, 0.6) is 0 Å². The summed E-state index contributed by atoms with van der Waals surface area (Å²) >= 11 is 0. The lowest BCUT2D eigenvalue weighted by Crippen LogP contribution is -2.31. The number of allylic oxidation sites excluding steroid dienone is 1. The SMILES string of the molecule is CC(C)(C)C(=O)OCC1CC=CCC1O. The zero-order valence-electron chi connectivity index (χ0n) is 9.69. The van der Waals surface area contributed by atoms with Crippen molar-refractivity contribution in [1.82, 2.24) is 0 Å². The van der Waals surface area contributed by atoms with Gasteiger partial charge < -0.3 is 9.84 Å². The number of aliphatic hydroxyl groups excluding tert-OH is 1. The molecule has 0 saturated carbocycles. The molecule has 0 aromatic heterocycles. The lowest BCUT2D eigenvalue weighted by atomic mass is 9.92. The van der Waals surface area contributed by atoms with Gasteiger partial charge in [0.05, 0.1) is 18.1 Å². The average molecular weight is 212 g/mol. The molecule has 1 rings (SSSR count). The van der Waals surface area contributed by atoms with Crippen molar-refractivity contribution < 1.29 is 14.6 Å². The minimum atomic E-state index is -0.463. The Bertz CT molecular complexity index is 250. The molecular formula is C12H20O3. The van der Waals surface area contributed by atoms with E-state index < -0.39 is 5.41 Å². The summed E-state index contributed by atoms with van der Waals surface area (Å²) in [5.74, 6) is -0.148. The molecule has 0 fully saturated rings. The van der Waals surface area contributed by atoms with Crippen LogP contribution in [0.15, 0.2) is 12.2 Å². The van der Waals surface area contributed by atoms with Crippen molar-refractivity contribution in [2.75, 3.05) is 6.61 Å². The van der Waals surface area contributed by atoms with Gasteiger partial charge in [-0.15, -0.1) is 0 Å². The first-order chi connectivity index (χ1) is 6.91. The van der Waals surface area contributed by atoms with Gasteiger partial charge in [-0.3, -0.25) is 4.79 Å². The number of carbonyl (C=O) groups is 1. The first-order valence-electron chi connectivity index (χ1n) is 5.41. The van der Waals surface area contributed by atoms with Crippen LogP contribution in [0.4, 0.5) is 0 Å². The predicted molar refractivity (Wildman–Crippen MR) is 58.3 cm³/mol. The first kappa shape index (κ1) is 12.2. The summed E-state index contributed by atoms with van der Waals surface area (Å²) in [5.41, 5.74) is -0.463. The maximum atomic E-state index is 11.5. The Kier molecular flexibility index (Phi) is 3.91. The third kappa shape index (κ3) is 3.67. The van der Waals surface area contributed by atoms with Crippen molar-refractivity contribution in [3.63, 3.8) is 0 Å². The van der Waals surface area contributed by atoms with Gasteiger partial charge in [-0.25, -0.2) is 0 Å². The first-order valence-corrected chi connectivity index (χ1v) is 5.41. The second-order valence-electron chi connectivity index (χ2n) is 5.12. The molecule has 0 radical (unpaired) electrons. The summed E-state index contributed by atoms with van der Waals surface area (Å²) in [6.45, 7) is 5.80. The Labute approximate surface area is 91.1 Å². The molecule has 0 aromatic carbocycles. The van der Waals surface area contributed by atoms with Gasteiger partial charge in [-0.1, -0.05) is 12.2 Å². The molecular weight excluding hydrogens is 192 g/mol. The van der Waals surface area contributed by atoms with E-state index in [0.717, 1.165) is 6.42 Å².